The van der Waals surface area contributed by atoms with Crippen LogP contribution < -0.4 is 4.90 Å². The number of rotatable bonds is 4. The standard InChI is InChI=1S/C15H19NOS/c1-4-11-9-15(18)17-14-10-12(7-8-13(11)14)16(5-2)6-3/h7-10H,4-6H2,1-3H3. The average molecular weight is 261 g/mol. The summed E-state index contributed by atoms with van der Waals surface area (Å²) in [5.74, 6) is 0. The second kappa shape index (κ2) is 5.53. The first-order valence-electron chi connectivity index (χ1n) is 6.51. The maximum absolute atomic E-state index is 5.67. The first-order valence-corrected chi connectivity index (χ1v) is 6.92. The Morgan fingerprint density at radius 1 is 1.11 bits per heavy atom. The molecule has 0 spiro atoms. The first-order chi connectivity index (χ1) is 8.69. The van der Waals surface area contributed by atoms with Crippen LogP contribution in [-0.2, 0) is 6.42 Å². The topological polar surface area (TPSA) is 16.4 Å². The third-order valence-corrected chi connectivity index (χ3v) is 3.52. The van der Waals surface area contributed by atoms with Crippen molar-refractivity contribution in [2.45, 2.75) is 27.2 Å². The molecule has 0 aliphatic rings. The van der Waals surface area contributed by atoms with Gasteiger partial charge in [-0.25, -0.2) is 0 Å². The fourth-order valence-electron chi connectivity index (χ4n) is 2.30. The zero-order valence-electron chi connectivity index (χ0n) is 11.2. The van der Waals surface area contributed by atoms with E-state index >= 15 is 0 Å². The maximum atomic E-state index is 5.67. The molecule has 0 bridgehead atoms. The molecule has 18 heavy (non-hydrogen) atoms. The second-order valence-corrected chi connectivity index (χ2v) is 4.70. The Labute approximate surface area is 113 Å². The molecule has 96 valence electrons. The van der Waals surface area contributed by atoms with Gasteiger partial charge in [0.15, 0.2) is 4.71 Å². The normalized spacial score (nSPS) is 10.8. The van der Waals surface area contributed by atoms with Gasteiger partial charge in [-0.15, -0.1) is 0 Å². The van der Waals surface area contributed by atoms with Gasteiger partial charge in [0.05, 0.1) is 0 Å². The van der Waals surface area contributed by atoms with Gasteiger partial charge in [0.1, 0.15) is 5.58 Å². The van der Waals surface area contributed by atoms with E-state index in [4.69, 9.17) is 16.6 Å². The highest BCUT2D eigenvalue weighted by atomic mass is 32.1. The van der Waals surface area contributed by atoms with Crippen molar-refractivity contribution in [3.63, 3.8) is 0 Å². The number of benzene rings is 1. The number of anilines is 1. The van der Waals surface area contributed by atoms with Crippen molar-refractivity contribution < 1.29 is 4.42 Å². The summed E-state index contributed by atoms with van der Waals surface area (Å²) in [7, 11) is 0. The molecule has 0 fully saturated rings. The monoisotopic (exact) mass is 261 g/mol. The van der Waals surface area contributed by atoms with Crippen molar-refractivity contribution in [2.24, 2.45) is 0 Å². The number of hydrogen-bond donors (Lipinski definition) is 0. The third kappa shape index (κ3) is 2.41. The number of fused-ring (bicyclic) bond motifs is 1. The van der Waals surface area contributed by atoms with Gasteiger partial charge in [-0.05, 0) is 56.2 Å². The lowest BCUT2D eigenvalue weighted by molar-refractivity contribution is 0.584. The van der Waals surface area contributed by atoms with Crippen molar-refractivity contribution in [3.05, 3.63) is 34.5 Å². The average Bonchev–Trinajstić information content (AvgIpc) is 2.38. The lowest BCUT2D eigenvalue weighted by atomic mass is 10.1. The maximum Gasteiger partial charge on any atom is 0.191 e. The van der Waals surface area contributed by atoms with E-state index < -0.39 is 0 Å². The molecule has 2 nitrogen and oxygen atoms in total. The van der Waals surface area contributed by atoms with Crippen LogP contribution in [0.25, 0.3) is 11.0 Å². The molecular formula is C15H19NOS. The first kappa shape index (κ1) is 13.1. The van der Waals surface area contributed by atoms with Gasteiger partial charge in [-0.3, -0.25) is 0 Å². The summed E-state index contributed by atoms with van der Waals surface area (Å²) >= 11 is 5.18. The molecule has 0 saturated heterocycles. The fraction of sp³-hybridized carbons (Fsp3) is 0.400. The van der Waals surface area contributed by atoms with Crippen LogP contribution >= 0.6 is 12.2 Å². The van der Waals surface area contributed by atoms with Crippen LogP contribution in [-0.4, -0.2) is 13.1 Å². The molecule has 2 aromatic rings. The van der Waals surface area contributed by atoms with Crippen molar-refractivity contribution in [2.75, 3.05) is 18.0 Å². The third-order valence-electron chi connectivity index (χ3n) is 3.32. The summed E-state index contributed by atoms with van der Waals surface area (Å²) in [6.45, 7) is 8.45. The van der Waals surface area contributed by atoms with Crippen molar-refractivity contribution in [1.82, 2.24) is 0 Å². The summed E-state index contributed by atoms with van der Waals surface area (Å²) in [5.41, 5.74) is 3.34. The molecule has 1 aromatic carbocycles. The highest BCUT2D eigenvalue weighted by molar-refractivity contribution is 7.71. The van der Waals surface area contributed by atoms with Gasteiger partial charge in [0, 0.05) is 30.2 Å². The molecular weight excluding hydrogens is 242 g/mol. The number of hydrogen-bond acceptors (Lipinski definition) is 3. The minimum absolute atomic E-state index is 0.566. The highest BCUT2D eigenvalue weighted by Gasteiger charge is 2.07. The van der Waals surface area contributed by atoms with Crippen LogP contribution in [0.5, 0.6) is 0 Å². The van der Waals surface area contributed by atoms with Crippen LogP contribution in [0.2, 0.25) is 0 Å². The smallest absolute Gasteiger partial charge is 0.191 e. The molecule has 0 radical (unpaired) electrons. The molecule has 3 heteroatoms. The zero-order valence-corrected chi connectivity index (χ0v) is 12.0. The van der Waals surface area contributed by atoms with E-state index in [1.54, 1.807) is 0 Å². The van der Waals surface area contributed by atoms with E-state index in [-0.39, 0.29) is 0 Å². The van der Waals surface area contributed by atoms with E-state index in [0.29, 0.717) is 4.71 Å². The Balaban J connectivity index is 2.61. The zero-order chi connectivity index (χ0) is 13.1. The van der Waals surface area contributed by atoms with Crippen LogP contribution in [0.15, 0.2) is 28.7 Å². The second-order valence-electron chi connectivity index (χ2n) is 4.30. The minimum atomic E-state index is 0.566. The molecule has 2 rings (SSSR count). The highest BCUT2D eigenvalue weighted by Crippen LogP contribution is 2.25. The quantitative estimate of drug-likeness (QED) is 0.750. The van der Waals surface area contributed by atoms with Crippen LogP contribution in [0.4, 0.5) is 5.69 Å². The van der Waals surface area contributed by atoms with Gasteiger partial charge < -0.3 is 9.32 Å². The molecule has 0 aliphatic carbocycles. The Hall–Kier alpha value is -1.35. The summed E-state index contributed by atoms with van der Waals surface area (Å²) in [6.07, 6.45) is 0.973. The van der Waals surface area contributed by atoms with Gasteiger partial charge >= 0.3 is 0 Å². The number of aryl methyl sites for hydroxylation is 1. The Morgan fingerprint density at radius 2 is 1.83 bits per heavy atom. The summed E-state index contributed by atoms with van der Waals surface area (Å²) in [4.78, 5) is 2.30. The van der Waals surface area contributed by atoms with Crippen molar-refractivity contribution >= 4 is 28.9 Å². The molecule has 0 atom stereocenters. The van der Waals surface area contributed by atoms with Crippen molar-refractivity contribution in [1.29, 1.82) is 0 Å². The van der Waals surface area contributed by atoms with Gasteiger partial charge in [-0.2, -0.15) is 0 Å². The summed E-state index contributed by atoms with van der Waals surface area (Å²) < 4.78 is 6.24. The van der Waals surface area contributed by atoms with Crippen LogP contribution in [0.1, 0.15) is 26.3 Å². The van der Waals surface area contributed by atoms with E-state index in [1.165, 1.54) is 16.6 Å². The van der Waals surface area contributed by atoms with Gasteiger partial charge in [0.2, 0.25) is 0 Å². The number of nitrogens with zero attached hydrogens (tertiary/aromatic N) is 1. The molecule has 0 N–H and O–H groups in total. The Morgan fingerprint density at radius 3 is 2.44 bits per heavy atom. The van der Waals surface area contributed by atoms with Crippen molar-refractivity contribution in [3.8, 4) is 0 Å². The van der Waals surface area contributed by atoms with E-state index in [9.17, 15) is 0 Å². The Kier molecular flexibility index (Phi) is 4.02. The molecule has 0 aliphatic heterocycles. The molecule has 0 amide bonds. The predicted molar refractivity (Wildman–Crippen MR) is 80.0 cm³/mol. The molecule has 0 saturated carbocycles. The molecule has 0 unspecified atom stereocenters. The lowest BCUT2D eigenvalue weighted by Crippen LogP contribution is -2.21. The van der Waals surface area contributed by atoms with Crippen LogP contribution in [0, 0.1) is 4.71 Å². The fourth-order valence-corrected chi connectivity index (χ4v) is 2.53. The molecule has 1 heterocycles. The van der Waals surface area contributed by atoms with Gasteiger partial charge in [0.25, 0.3) is 0 Å². The van der Waals surface area contributed by atoms with E-state index in [1.807, 2.05) is 6.07 Å². The Bertz CT molecular complexity index is 599. The molecule has 1 aromatic heterocycles. The van der Waals surface area contributed by atoms with Crippen LogP contribution in [0.3, 0.4) is 0 Å². The minimum Gasteiger partial charge on any atom is -0.445 e. The largest absolute Gasteiger partial charge is 0.445 e. The van der Waals surface area contributed by atoms with E-state index in [2.05, 4.69) is 43.9 Å². The SMILES string of the molecule is CCc1cc(=S)oc2cc(N(CC)CC)ccc12. The lowest BCUT2D eigenvalue weighted by Gasteiger charge is -2.21. The summed E-state index contributed by atoms with van der Waals surface area (Å²) in [5, 5.41) is 1.17. The predicted octanol–water partition coefficient (Wildman–Crippen LogP) is 4.57. The van der Waals surface area contributed by atoms with E-state index in [0.717, 1.165) is 25.1 Å². The van der Waals surface area contributed by atoms with Gasteiger partial charge in [-0.1, -0.05) is 6.92 Å². The summed E-state index contributed by atoms with van der Waals surface area (Å²) in [6, 6.07) is 8.35.